The molecule has 0 aliphatic rings. The maximum Gasteiger partial charge on any atom is 0.407 e. The molecule has 1 aromatic rings. The van der Waals surface area contributed by atoms with Crippen molar-refractivity contribution in [3.63, 3.8) is 0 Å². The number of oxazole rings is 1. The van der Waals surface area contributed by atoms with Gasteiger partial charge in [-0.25, -0.2) is 9.78 Å². The molecule has 0 bridgehead atoms. The van der Waals surface area contributed by atoms with Gasteiger partial charge >= 0.3 is 6.09 Å². The Balaban J connectivity index is 2.15. The van der Waals surface area contributed by atoms with E-state index in [1.807, 2.05) is 13.8 Å². The van der Waals surface area contributed by atoms with Crippen LogP contribution in [0.15, 0.2) is 4.42 Å². The second-order valence-corrected chi connectivity index (χ2v) is 6.06. The Labute approximate surface area is 130 Å². The first-order valence-corrected chi connectivity index (χ1v) is 7.34. The van der Waals surface area contributed by atoms with Crippen molar-refractivity contribution in [3.05, 3.63) is 17.3 Å². The Morgan fingerprint density at radius 3 is 2.45 bits per heavy atom. The first-order chi connectivity index (χ1) is 10.2. The van der Waals surface area contributed by atoms with Crippen LogP contribution in [-0.2, 0) is 16.1 Å². The summed E-state index contributed by atoms with van der Waals surface area (Å²) in [6.07, 6.45) is 0.377. The Hall–Kier alpha value is -2.05. The molecule has 0 saturated carbocycles. The van der Waals surface area contributed by atoms with Crippen molar-refractivity contribution >= 4 is 12.0 Å². The van der Waals surface area contributed by atoms with E-state index < -0.39 is 11.7 Å². The summed E-state index contributed by atoms with van der Waals surface area (Å²) in [4.78, 5) is 27.2. The van der Waals surface area contributed by atoms with Crippen LogP contribution in [0.1, 0.15) is 51.0 Å². The molecule has 124 valence electrons. The van der Waals surface area contributed by atoms with Gasteiger partial charge in [0.1, 0.15) is 11.4 Å². The fraction of sp³-hybridized carbons (Fsp3) is 0.667. The monoisotopic (exact) mass is 311 g/mol. The van der Waals surface area contributed by atoms with Gasteiger partial charge in [0.25, 0.3) is 0 Å². The summed E-state index contributed by atoms with van der Waals surface area (Å²) in [6.45, 7) is 9.74. The van der Waals surface area contributed by atoms with Crippen molar-refractivity contribution in [2.75, 3.05) is 6.54 Å². The third kappa shape index (κ3) is 7.10. The summed E-state index contributed by atoms with van der Waals surface area (Å²) in [7, 11) is 0. The van der Waals surface area contributed by atoms with E-state index in [1.165, 1.54) is 0 Å². The summed E-state index contributed by atoms with van der Waals surface area (Å²) in [5, 5.41) is 5.33. The van der Waals surface area contributed by atoms with Crippen molar-refractivity contribution in [1.29, 1.82) is 0 Å². The smallest absolute Gasteiger partial charge is 0.407 e. The third-order valence-corrected chi connectivity index (χ3v) is 2.76. The molecule has 0 atom stereocenters. The number of rotatable bonds is 6. The number of aryl methyl sites for hydroxylation is 2. The van der Waals surface area contributed by atoms with Gasteiger partial charge in [-0.1, -0.05) is 0 Å². The summed E-state index contributed by atoms with van der Waals surface area (Å²) < 4.78 is 10.5. The minimum absolute atomic E-state index is 0.112. The number of carbonyl (C=O) groups excluding carboxylic acids is 2. The molecule has 0 fully saturated rings. The number of hydrogen-bond donors (Lipinski definition) is 2. The summed E-state index contributed by atoms with van der Waals surface area (Å²) in [6, 6.07) is 0. The van der Waals surface area contributed by atoms with E-state index in [1.54, 1.807) is 20.8 Å². The molecule has 2 amide bonds. The highest BCUT2D eigenvalue weighted by Gasteiger charge is 2.15. The zero-order chi connectivity index (χ0) is 16.8. The first kappa shape index (κ1) is 18.0. The molecule has 1 heterocycles. The van der Waals surface area contributed by atoms with E-state index in [-0.39, 0.29) is 12.5 Å². The summed E-state index contributed by atoms with van der Waals surface area (Å²) in [5.74, 6) is 1.14. The molecule has 0 saturated heterocycles. The van der Waals surface area contributed by atoms with Crippen molar-refractivity contribution in [3.8, 4) is 0 Å². The minimum atomic E-state index is -0.520. The lowest BCUT2D eigenvalue weighted by Crippen LogP contribution is -2.33. The van der Waals surface area contributed by atoms with Gasteiger partial charge in [-0.05, 0) is 41.0 Å². The minimum Gasteiger partial charge on any atom is -0.444 e. The van der Waals surface area contributed by atoms with Crippen LogP contribution in [0.5, 0.6) is 0 Å². The lowest BCUT2D eigenvalue weighted by atomic mass is 10.2. The zero-order valence-electron chi connectivity index (χ0n) is 13.9. The van der Waals surface area contributed by atoms with Crippen LogP contribution in [0.25, 0.3) is 0 Å². The number of ether oxygens (including phenoxy) is 1. The van der Waals surface area contributed by atoms with Crippen LogP contribution in [-0.4, -0.2) is 29.1 Å². The van der Waals surface area contributed by atoms with Crippen LogP contribution in [0.2, 0.25) is 0 Å². The van der Waals surface area contributed by atoms with Crippen molar-refractivity contribution in [2.45, 2.75) is 59.6 Å². The molecule has 0 spiro atoms. The van der Waals surface area contributed by atoms with Crippen molar-refractivity contribution < 1.29 is 18.7 Å². The molecule has 0 radical (unpaired) electrons. The highest BCUT2D eigenvalue weighted by Crippen LogP contribution is 2.08. The average molecular weight is 311 g/mol. The second-order valence-electron chi connectivity index (χ2n) is 6.06. The molecule has 22 heavy (non-hydrogen) atoms. The molecule has 0 aliphatic carbocycles. The van der Waals surface area contributed by atoms with Crippen LogP contribution in [0.3, 0.4) is 0 Å². The predicted molar refractivity (Wildman–Crippen MR) is 81.3 cm³/mol. The lowest BCUT2D eigenvalue weighted by molar-refractivity contribution is -0.121. The maximum atomic E-state index is 11.7. The summed E-state index contributed by atoms with van der Waals surface area (Å²) >= 11 is 0. The molecule has 1 rings (SSSR count). The molecule has 1 aromatic heterocycles. The van der Waals surface area contributed by atoms with Crippen LogP contribution in [0, 0.1) is 13.8 Å². The second kappa shape index (κ2) is 7.82. The molecule has 0 unspecified atom stereocenters. The maximum absolute atomic E-state index is 11.7. The van der Waals surface area contributed by atoms with Gasteiger partial charge in [0.2, 0.25) is 11.8 Å². The van der Waals surface area contributed by atoms with E-state index >= 15 is 0 Å². The van der Waals surface area contributed by atoms with E-state index in [0.29, 0.717) is 25.3 Å². The van der Waals surface area contributed by atoms with E-state index in [2.05, 4.69) is 15.6 Å². The number of aromatic nitrogens is 1. The number of amides is 2. The number of hydrogen-bond acceptors (Lipinski definition) is 5. The Morgan fingerprint density at radius 1 is 1.23 bits per heavy atom. The van der Waals surface area contributed by atoms with Gasteiger partial charge in [0.05, 0.1) is 12.2 Å². The Kier molecular flexibility index (Phi) is 6.39. The number of nitrogens with zero attached hydrogens (tertiary/aromatic N) is 1. The summed E-state index contributed by atoms with van der Waals surface area (Å²) in [5.41, 5.74) is 0.305. The molecule has 0 aliphatic heterocycles. The molecular formula is C15H25N3O4. The Morgan fingerprint density at radius 2 is 1.91 bits per heavy atom. The lowest BCUT2D eigenvalue weighted by Gasteiger charge is -2.19. The van der Waals surface area contributed by atoms with E-state index in [0.717, 1.165) is 11.5 Å². The van der Waals surface area contributed by atoms with Gasteiger partial charge in [0.15, 0.2) is 0 Å². The molecule has 0 aromatic carbocycles. The predicted octanol–water partition coefficient (Wildman–Crippen LogP) is 2.21. The highest BCUT2D eigenvalue weighted by molar-refractivity contribution is 5.75. The zero-order valence-corrected chi connectivity index (χ0v) is 13.9. The largest absolute Gasteiger partial charge is 0.444 e. The van der Waals surface area contributed by atoms with E-state index in [4.69, 9.17) is 9.15 Å². The first-order valence-electron chi connectivity index (χ1n) is 7.34. The molecule has 2 N–H and O–H groups in total. The topological polar surface area (TPSA) is 93.5 Å². The third-order valence-electron chi connectivity index (χ3n) is 2.76. The standard InChI is InChI=1S/C15H25N3O4/c1-10-11(2)21-13(18-10)9-17-12(19)7-6-8-16-14(20)22-15(3,4)5/h6-9H2,1-5H3,(H,16,20)(H,17,19). The normalized spacial score (nSPS) is 11.1. The van der Waals surface area contributed by atoms with Crippen molar-refractivity contribution in [2.24, 2.45) is 0 Å². The fourth-order valence-corrected chi connectivity index (χ4v) is 1.63. The number of nitrogens with one attached hydrogen (secondary N) is 2. The van der Waals surface area contributed by atoms with Crippen LogP contribution >= 0.6 is 0 Å². The Bertz CT molecular complexity index is 498. The number of alkyl carbamates (subject to hydrolysis) is 1. The quantitative estimate of drug-likeness (QED) is 0.786. The van der Waals surface area contributed by atoms with Gasteiger partial charge in [-0.15, -0.1) is 0 Å². The molecular weight excluding hydrogens is 286 g/mol. The fourth-order valence-electron chi connectivity index (χ4n) is 1.63. The van der Waals surface area contributed by atoms with E-state index in [9.17, 15) is 9.59 Å². The number of carbonyl (C=O) groups is 2. The SMILES string of the molecule is Cc1nc(CNC(=O)CCCNC(=O)OC(C)(C)C)oc1C. The van der Waals surface area contributed by atoms with Gasteiger partial charge in [-0.2, -0.15) is 0 Å². The molecule has 7 nitrogen and oxygen atoms in total. The van der Waals surface area contributed by atoms with Gasteiger partial charge in [0, 0.05) is 13.0 Å². The van der Waals surface area contributed by atoms with Gasteiger partial charge in [-0.3, -0.25) is 4.79 Å². The van der Waals surface area contributed by atoms with Gasteiger partial charge < -0.3 is 19.8 Å². The molecule has 7 heteroatoms. The van der Waals surface area contributed by atoms with Crippen LogP contribution < -0.4 is 10.6 Å². The van der Waals surface area contributed by atoms with Crippen molar-refractivity contribution in [1.82, 2.24) is 15.6 Å². The van der Waals surface area contributed by atoms with Crippen LogP contribution in [0.4, 0.5) is 4.79 Å². The average Bonchev–Trinajstić information content (AvgIpc) is 2.69. The highest BCUT2D eigenvalue weighted by atomic mass is 16.6.